The summed E-state index contributed by atoms with van der Waals surface area (Å²) in [6.45, 7) is 2.11. The van der Waals surface area contributed by atoms with Gasteiger partial charge in [0.15, 0.2) is 0 Å². The monoisotopic (exact) mass is 1400 g/mol. The molecule has 0 saturated carbocycles. The van der Waals surface area contributed by atoms with Crippen molar-refractivity contribution < 1.29 is 39.6 Å². The van der Waals surface area contributed by atoms with Crippen molar-refractivity contribution in [1.29, 1.82) is 0 Å². The average Bonchev–Trinajstić information content (AvgIpc) is 0.789. The molecular formula is C88H104N8O8. The minimum atomic E-state index is -0.689. The summed E-state index contributed by atoms with van der Waals surface area (Å²) in [7, 11) is 0. The van der Waals surface area contributed by atoms with Crippen LogP contribution in [0.1, 0.15) is 227 Å². The quantitative estimate of drug-likeness (QED) is 0.0206. The number of nitrogens with zero attached hydrogens (tertiary/aromatic N) is 8. The summed E-state index contributed by atoms with van der Waals surface area (Å²) in [5, 5.41) is 44.0. The van der Waals surface area contributed by atoms with Crippen LogP contribution in [0.15, 0.2) is 165 Å². The van der Waals surface area contributed by atoms with E-state index in [1.807, 2.05) is 86.0 Å². The van der Waals surface area contributed by atoms with Crippen LogP contribution in [0.5, 0.6) is 0 Å². The van der Waals surface area contributed by atoms with Gasteiger partial charge in [0.05, 0.1) is 44.1 Å². The summed E-state index contributed by atoms with van der Waals surface area (Å²) in [6, 6.07) is 39.9. The number of fused-ring (bicyclic) bond motifs is 12. The van der Waals surface area contributed by atoms with E-state index in [0.29, 0.717) is 25.7 Å². The van der Waals surface area contributed by atoms with Crippen LogP contribution in [0.4, 0.5) is 0 Å². The Morgan fingerprint density at radius 2 is 0.490 bits per heavy atom. The minimum absolute atomic E-state index is 0.296. The van der Waals surface area contributed by atoms with E-state index in [2.05, 4.69) is 126 Å². The molecule has 8 aromatic heterocycles. The molecule has 16 nitrogen and oxygen atoms in total. The molecule has 0 radical (unpaired) electrons. The van der Waals surface area contributed by atoms with E-state index < -0.39 is 23.9 Å². The van der Waals surface area contributed by atoms with Gasteiger partial charge in [-0.3, -0.25) is 59.0 Å². The highest BCUT2D eigenvalue weighted by Crippen LogP contribution is 2.32. The van der Waals surface area contributed by atoms with E-state index >= 15 is 0 Å². The first-order valence-corrected chi connectivity index (χ1v) is 38.3. The molecule has 0 aliphatic rings. The molecule has 0 unspecified atom stereocenters. The molecule has 0 spiro atoms. The van der Waals surface area contributed by atoms with Gasteiger partial charge in [-0.2, -0.15) is 0 Å². The smallest absolute Gasteiger partial charge is 0.303 e. The van der Waals surface area contributed by atoms with Crippen LogP contribution in [0.3, 0.4) is 0 Å². The van der Waals surface area contributed by atoms with Crippen LogP contribution in [-0.2, 0) is 44.9 Å². The fourth-order valence-corrected chi connectivity index (χ4v) is 14.1. The van der Waals surface area contributed by atoms with Crippen LogP contribution in [0.2, 0.25) is 0 Å². The number of rotatable bonds is 39. The number of carboxylic acids is 4. The van der Waals surface area contributed by atoms with Crippen LogP contribution in [-0.4, -0.2) is 84.2 Å². The molecule has 4 aromatic carbocycles. The van der Waals surface area contributed by atoms with Gasteiger partial charge in [-0.05, 0) is 172 Å². The van der Waals surface area contributed by atoms with Crippen LogP contribution < -0.4 is 0 Å². The Morgan fingerprint density at radius 3 is 0.865 bits per heavy atom. The maximum absolute atomic E-state index is 10.5. The van der Waals surface area contributed by atoms with Crippen LogP contribution >= 0.6 is 0 Å². The van der Waals surface area contributed by atoms with Crippen molar-refractivity contribution in [2.24, 2.45) is 0 Å². The molecule has 544 valence electrons. The van der Waals surface area contributed by atoms with Gasteiger partial charge in [0, 0.05) is 118 Å². The molecule has 8 heterocycles. The number of hydrogen-bond acceptors (Lipinski definition) is 12. The predicted octanol–water partition coefficient (Wildman–Crippen LogP) is 22.0. The second kappa shape index (κ2) is 43.2. The van der Waals surface area contributed by atoms with Crippen molar-refractivity contribution in [2.75, 3.05) is 0 Å². The van der Waals surface area contributed by atoms with Gasteiger partial charge in [-0.25, -0.2) is 0 Å². The lowest BCUT2D eigenvalue weighted by Gasteiger charge is -2.09. The number of benzene rings is 4. The average molecular weight is 1400 g/mol. The summed E-state index contributed by atoms with van der Waals surface area (Å²) in [6.07, 6.45) is 50.0. The maximum atomic E-state index is 10.5. The molecule has 12 aromatic rings. The third-order valence-electron chi connectivity index (χ3n) is 19.7. The van der Waals surface area contributed by atoms with Crippen molar-refractivity contribution in [3.05, 3.63) is 193 Å². The Hall–Kier alpha value is -9.96. The van der Waals surface area contributed by atoms with Gasteiger partial charge in [0.1, 0.15) is 0 Å². The largest absolute Gasteiger partial charge is 0.481 e. The van der Waals surface area contributed by atoms with Gasteiger partial charge in [0.25, 0.3) is 0 Å². The van der Waals surface area contributed by atoms with Gasteiger partial charge < -0.3 is 20.4 Å². The van der Waals surface area contributed by atoms with Crippen molar-refractivity contribution in [2.45, 2.75) is 232 Å². The highest BCUT2D eigenvalue weighted by molar-refractivity contribution is 6.07. The first-order chi connectivity index (χ1) is 50.9. The maximum Gasteiger partial charge on any atom is 0.303 e. The van der Waals surface area contributed by atoms with Gasteiger partial charge >= 0.3 is 23.9 Å². The molecule has 16 heteroatoms. The summed E-state index contributed by atoms with van der Waals surface area (Å²) >= 11 is 0. The zero-order valence-electron chi connectivity index (χ0n) is 60.8. The molecule has 12 rings (SSSR count). The van der Waals surface area contributed by atoms with Gasteiger partial charge in [0.2, 0.25) is 0 Å². The van der Waals surface area contributed by atoms with Gasteiger partial charge in [-0.1, -0.05) is 177 Å². The van der Waals surface area contributed by atoms with Crippen LogP contribution in [0, 0.1) is 6.92 Å². The zero-order chi connectivity index (χ0) is 72.9. The Labute approximate surface area is 611 Å². The highest BCUT2D eigenvalue weighted by atomic mass is 16.4. The number of hydrogen-bond donors (Lipinski definition) is 4. The Kier molecular flexibility index (Phi) is 32.5. The van der Waals surface area contributed by atoms with Crippen molar-refractivity contribution in [3.8, 4) is 0 Å². The molecule has 0 aliphatic carbocycles. The van der Waals surface area contributed by atoms with E-state index in [1.165, 1.54) is 145 Å². The molecule has 0 fully saturated rings. The number of aliphatic carboxylic acids is 4. The third kappa shape index (κ3) is 24.6. The second-order valence-corrected chi connectivity index (χ2v) is 27.6. The molecule has 0 bridgehead atoms. The van der Waals surface area contributed by atoms with Crippen molar-refractivity contribution in [1.82, 2.24) is 39.9 Å². The highest BCUT2D eigenvalue weighted by Gasteiger charge is 2.13. The molecule has 4 N–H and O–H groups in total. The Balaban J connectivity index is 0.000000161. The standard InChI is InChI=1S/C23H28N2O2.2C22H26N2O2.C21H24N2O2/c1-17-13-15-24-22-19(17)11-12-20-18(14-16-25-23(20)22)9-7-5-3-2-4-6-8-10-21(26)27;25-20(26)13-7-5-3-1-2-4-6-10-17-16-18-11-8-14-23-21(18)22-19(17)12-9-15-24-22;25-20(26)11-7-5-3-1-2-4-6-9-17-14-16-24-22-19(17)13-12-18-10-8-15-23-21(18)22;24-19(25)12-6-4-2-1-3-5-9-16-15-17-10-7-13-22-20(17)21-18(16)11-8-14-23-21/h11-16H,2-10H2,1H3,(H,26,27);8-9,11-12,14-16H,1-7,10,13H2,(H,25,26);8,10,12-16H,1-7,9,11H2,(H,25,26);7-8,10-11,13-15H,1-6,9,12H2,(H,24,25). The van der Waals surface area contributed by atoms with Gasteiger partial charge in [-0.15, -0.1) is 0 Å². The fraction of sp³-hybridized carbons (Fsp3) is 0.409. The van der Waals surface area contributed by atoms with E-state index in [0.717, 1.165) is 169 Å². The molecule has 0 saturated heterocycles. The second-order valence-electron chi connectivity index (χ2n) is 27.6. The minimum Gasteiger partial charge on any atom is -0.481 e. The molecule has 0 amide bonds. The first kappa shape index (κ1) is 78.2. The number of carbonyl (C=O) groups is 4. The summed E-state index contributed by atoms with van der Waals surface area (Å²) in [4.78, 5) is 78.3. The SMILES string of the molecule is Cc1ccnc2c1ccc1c(CCCCCCCCCC(=O)O)ccnc12.O=C(O)CCCCCCCCCc1cc2cccnc2c2ncccc12.O=C(O)CCCCCCCCCc1ccnc2c1ccc1cccnc12.O=C(O)CCCCCCCCc1cc2cccnc2c2ncccc12. The summed E-state index contributed by atoms with van der Waals surface area (Å²) in [5.41, 5.74) is 14.6. The van der Waals surface area contributed by atoms with E-state index in [9.17, 15) is 19.2 Å². The number of aromatic nitrogens is 8. The predicted molar refractivity (Wildman–Crippen MR) is 421 cm³/mol. The summed E-state index contributed by atoms with van der Waals surface area (Å²) in [5.74, 6) is -2.74. The van der Waals surface area contributed by atoms with Crippen LogP contribution in [0.25, 0.3) is 87.2 Å². The fourth-order valence-electron chi connectivity index (χ4n) is 14.1. The number of unbranched alkanes of at least 4 members (excludes halogenated alkanes) is 23. The third-order valence-corrected chi connectivity index (χ3v) is 19.7. The topological polar surface area (TPSA) is 252 Å². The molecule has 104 heavy (non-hydrogen) atoms. The Morgan fingerprint density at radius 1 is 0.240 bits per heavy atom. The molecule has 0 atom stereocenters. The normalized spacial score (nSPS) is 11.2. The van der Waals surface area contributed by atoms with Crippen molar-refractivity contribution >= 4 is 111 Å². The Bertz CT molecular complexity index is 4690. The van der Waals surface area contributed by atoms with E-state index in [-0.39, 0.29) is 0 Å². The van der Waals surface area contributed by atoms with E-state index in [4.69, 9.17) is 20.4 Å². The number of aryl methyl sites for hydroxylation is 5. The van der Waals surface area contributed by atoms with E-state index in [1.54, 1.807) is 0 Å². The number of pyridine rings is 8. The lowest BCUT2D eigenvalue weighted by molar-refractivity contribution is -0.138. The van der Waals surface area contributed by atoms with Crippen molar-refractivity contribution in [3.63, 3.8) is 0 Å². The summed E-state index contributed by atoms with van der Waals surface area (Å²) < 4.78 is 0. The number of carboxylic acid groups (broad SMARTS) is 4. The zero-order valence-corrected chi connectivity index (χ0v) is 60.8. The molecule has 0 aliphatic heterocycles. The lowest BCUT2D eigenvalue weighted by atomic mass is 9.98. The first-order valence-electron chi connectivity index (χ1n) is 38.3. The molecular weight excluding hydrogens is 1300 g/mol. The lowest BCUT2D eigenvalue weighted by Crippen LogP contribution is -1.94.